The summed E-state index contributed by atoms with van der Waals surface area (Å²) in [4.78, 5) is 25.4. The van der Waals surface area contributed by atoms with E-state index in [1.54, 1.807) is 17.0 Å². The standard InChI is InChI=1S/C19H28N2O3/c1-14(2)6-7-15(3)20-18(22)13-24-17-10-8-16(9-11-17)21-12-4-5-19(21)23/h8-11,14-15H,4-7,12-13H2,1-3H3,(H,20,22)/t15-/m0/s1. The fraction of sp³-hybridized carbons (Fsp3) is 0.579. The molecule has 24 heavy (non-hydrogen) atoms. The molecule has 5 nitrogen and oxygen atoms in total. The van der Waals surface area contributed by atoms with E-state index in [1.807, 2.05) is 19.1 Å². The minimum Gasteiger partial charge on any atom is -0.484 e. The van der Waals surface area contributed by atoms with E-state index in [9.17, 15) is 9.59 Å². The van der Waals surface area contributed by atoms with Gasteiger partial charge >= 0.3 is 0 Å². The average molecular weight is 332 g/mol. The maximum atomic E-state index is 11.9. The van der Waals surface area contributed by atoms with Gasteiger partial charge in [0, 0.05) is 24.7 Å². The van der Waals surface area contributed by atoms with Crippen LogP contribution in [0.2, 0.25) is 0 Å². The highest BCUT2D eigenvalue weighted by molar-refractivity contribution is 5.95. The summed E-state index contributed by atoms with van der Waals surface area (Å²) >= 11 is 0. The molecule has 2 amide bonds. The first-order chi connectivity index (χ1) is 11.5. The van der Waals surface area contributed by atoms with Crippen LogP contribution in [0, 0.1) is 5.92 Å². The second-order valence-corrected chi connectivity index (χ2v) is 6.87. The van der Waals surface area contributed by atoms with E-state index in [2.05, 4.69) is 19.2 Å². The molecule has 1 aliphatic rings. The van der Waals surface area contributed by atoms with Gasteiger partial charge in [0.1, 0.15) is 5.75 Å². The van der Waals surface area contributed by atoms with Crippen LogP contribution < -0.4 is 15.0 Å². The summed E-state index contributed by atoms with van der Waals surface area (Å²) in [5.41, 5.74) is 0.886. The summed E-state index contributed by atoms with van der Waals surface area (Å²) in [5, 5.41) is 2.95. The topological polar surface area (TPSA) is 58.6 Å². The highest BCUT2D eigenvalue weighted by atomic mass is 16.5. The number of hydrogen-bond acceptors (Lipinski definition) is 3. The molecular weight excluding hydrogens is 304 g/mol. The van der Waals surface area contributed by atoms with E-state index in [4.69, 9.17) is 4.74 Å². The Bertz CT molecular complexity index is 554. The molecule has 132 valence electrons. The average Bonchev–Trinajstić information content (AvgIpc) is 2.97. The zero-order valence-electron chi connectivity index (χ0n) is 14.9. The number of hydrogen-bond donors (Lipinski definition) is 1. The van der Waals surface area contributed by atoms with Crippen molar-refractivity contribution in [3.63, 3.8) is 0 Å². The predicted molar refractivity (Wildman–Crippen MR) is 95.2 cm³/mol. The monoisotopic (exact) mass is 332 g/mol. The Balaban J connectivity index is 1.75. The maximum Gasteiger partial charge on any atom is 0.258 e. The third kappa shape index (κ3) is 5.55. The molecule has 1 fully saturated rings. The van der Waals surface area contributed by atoms with E-state index in [-0.39, 0.29) is 24.5 Å². The summed E-state index contributed by atoms with van der Waals surface area (Å²) in [7, 11) is 0. The van der Waals surface area contributed by atoms with Gasteiger partial charge in [-0.25, -0.2) is 0 Å². The first-order valence-electron chi connectivity index (χ1n) is 8.78. The molecule has 0 bridgehead atoms. The maximum absolute atomic E-state index is 11.9. The normalized spacial score (nSPS) is 15.7. The van der Waals surface area contributed by atoms with Gasteiger partial charge in [-0.3, -0.25) is 9.59 Å². The van der Waals surface area contributed by atoms with Crippen molar-refractivity contribution < 1.29 is 14.3 Å². The zero-order valence-corrected chi connectivity index (χ0v) is 14.9. The minimum absolute atomic E-state index is 0.00795. The highest BCUT2D eigenvalue weighted by Gasteiger charge is 2.21. The van der Waals surface area contributed by atoms with Gasteiger partial charge in [0.05, 0.1) is 0 Å². The van der Waals surface area contributed by atoms with E-state index >= 15 is 0 Å². The Morgan fingerprint density at radius 2 is 1.92 bits per heavy atom. The largest absolute Gasteiger partial charge is 0.484 e. The highest BCUT2D eigenvalue weighted by Crippen LogP contribution is 2.23. The van der Waals surface area contributed by atoms with Crippen LogP contribution in [0.15, 0.2) is 24.3 Å². The lowest BCUT2D eigenvalue weighted by molar-refractivity contribution is -0.123. The van der Waals surface area contributed by atoms with Gasteiger partial charge < -0.3 is 15.0 Å². The third-order valence-electron chi connectivity index (χ3n) is 4.18. The summed E-state index contributed by atoms with van der Waals surface area (Å²) < 4.78 is 5.52. The number of ether oxygens (including phenoxy) is 1. The molecule has 0 spiro atoms. The van der Waals surface area contributed by atoms with Crippen molar-refractivity contribution in [1.82, 2.24) is 5.32 Å². The first-order valence-corrected chi connectivity index (χ1v) is 8.78. The Kier molecular flexibility index (Phi) is 6.64. The first kappa shape index (κ1) is 18.3. The van der Waals surface area contributed by atoms with Gasteiger partial charge in [0.2, 0.25) is 5.91 Å². The van der Waals surface area contributed by atoms with Crippen LogP contribution in [0.25, 0.3) is 0 Å². The lowest BCUT2D eigenvalue weighted by atomic mass is 10.0. The molecule has 1 heterocycles. The molecule has 0 aliphatic carbocycles. The fourth-order valence-electron chi connectivity index (χ4n) is 2.76. The number of nitrogens with one attached hydrogen (secondary N) is 1. The molecular formula is C19H28N2O3. The summed E-state index contributed by atoms with van der Waals surface area (Å²) in [6.07, 6.45) is 3.60. The Morgan fingerprint density at radius 3 is 2.50 bits per heavy atom. The Morgan fingerprint density at radius 1 is 1.21 bits per heavy atom. The number of rotatable bonds is 8. The van der Waals surface area contributed by atoms with Gasteiger partial charge in [-0.05, 0) is 56.4 Å². The van der Waals surface area contributed by atoms with Crippen molar-refractivity contribution >= 4 is 17.5 Å². The van der Waals surface area contributed by atoms with Gasteiger partial charge in [-0.2, -0.15) is 0 Å². The fourth-order valence-corrected chi connectivity index (χ4v) is 2.76. The van der Waals surface area contributed by atoms with Crippen LogP contribution >= 0.6 is 0 Å². The summed E-state index contributed by atoms with van der Waals surface area (Å²) in [6, 6.07) is 7.49. The quantitative estimate of drug-likeness (QED) is 0.795. The molecule has 0 radical (unpaired) electrons. The number of benzene rings is 1. The number of carbonyl (C=O) groups excluding carboxylic acids is 2. The van der Waals surface area contributed by atoms with Crippen LogP contribution in [0.3, 0.4) is 0 Å². The lowest BCUT2D eigenvalue weighted by Crippen LogP contribution is -2.36. The molecule has 1 atom stereocenters. The van der Waals surface area contributed by atoms with Crippen LogP contribution in [0.4, 0.5) is 5.69 Å². The van der Waals surface area contributed by atoms with Crippen molar-refractivity contribution in [2.24, 2.45) is 5.92 Å². The van der Waals surface area contributed by atoms with Crippen LogP contribution in [0.5, 0.6) is 5.75 Å². The molecule has 1 N–H and O–H groups in total. The number of carbonyl (C=O) groups is 2. The Labute approximate surface area is 144 Å². The van der Waals surface area contributed by atoms with Gasteiger partial charge in [-0.15, -0.1) is 0 Å². The third-order valence-corrected chi connectivity index (χ3v) is 4.18. The molecule has 0 saturated carbocycles. The molecule has 5 heteroatoms. The number of anilines is 1. The van der Waals surface area contributed by atoms with Crippen molar-refractivity contribution in [3.8, 4) is 5.75 Å². The summed E-state index contributed by atoms with van der Waals surface area (Å²) in [5.74, 6) is 1.33. The second kappa shape index (κ2) is 8.71. The Hall–Kier alpha value is -2.04. The van der Waals surface area contributed by atoms with E-state index in [1.165, 1.54) is 0 Å². The van der Waals surface area contributed by atoms with Crippen LogP contribution in [-0.4, -0.2) is 31.0 Å². The number of nitrogens with zero attached hydrogens (tertiary/aromatic N) is 1. The predicted octanol–water partition coefficient (Wildman–Crippen LogP) is 3.13. The summed E-state index contributed by atoms with van der Waals surface area (Å²) in [6.45, 7) is 7.15. The zero-order chi connectivity index (χ0) is 17.5. The number of amides is 2. The van der Waals surface area contributed by atoms with E-state index in [0.29, 0.717) is 18.1 Å². The lowest BCUT2D eigenvalue weighted by Gasteiger charge is -2.17. The molecule has 2 rings (SSSR count). The molecule has 1 aromatic carbocycles. The van der Waals surface area contributed by atoms with Gasteiger partial charge in [-0.1, -0.05) is 13.8 Å². The van der Waals surface area contributed by atoms with E-state index in [0.717, 1.165) is 31.5 Å². The van der Waals surface area contributed by atoms with Crippen molar-refractivity contribution in [1.29, 1.82) is 0 Å². The van der Waals surface area contributed by atoms with Gasteiger partial charge in [0.15, 0.2) is 6.61 Å². The molecule has 1 saturated heterocycles. The van der Waals surface area contributed by atoms with Crippen LogP contribution in [0.1, 0.15) is 46.5 Å². The molecule has 0 aromatic heterocycles. The SMILES string of the molecule is CC(C)CC[C@H](C)NC(=O)COc1ccc(N2CCCC2=O)cc1. The van der Waals surface area contributed by atoms with Crippen molar-refractivity contribution in [2.75, 3.05) is 18.1 Å². The second-order valence-electron chi connectivity index (χ2n) is 6.87. The van der Waals surface area contributed by atoms with Crippen molar-refractivity contribution in [3.05, 3.63) is 24.3 Å². The molecule has 1 aromatic rings. The van der Waals surface area contributed by atoms with Gasteiger partial charge in [0.25, 0.3) is 5.91 Å². The molecule has 1 aliphatic heterocycles. The van der Waals surface area contributed by atoms with Crippen LogP contribution in [-0.2, 0) is 9.59 Å². The van der Waals surface area contributed by atoms with E-state index < -0.39 is 0 Å². The molecule has 0 unspecified atom stereocenters. The van der Waals surface area contributed by atoms with Crippen molar-refractivity contribution in [2.45, 2.75) is 52.5 Å². The minimum atomic E-state index is -0.106. The smallest absolute Gasteiger partial charge is 0.258 e.